The second-order valence-corrected chi connectivity index (χ2v) is 10.8. The fraction of sp³-hybridized carbons (Fsp3) is 0.0244. The van der Waals surface area contributed by atoms with Gasteiger partial charge in [-0.3, -0.25) is 0 Å². The molecule has 0 unspecified atom stereocenters. The molecular weight excluding hydrogens is 492 g/mol. The monoisotopic (exact) mass is 520 g/mol. The molecule has 41 heavy (non-hydrogen) atoms. The Hall–Kier alpha value is -5.20. The lowest BCUT2D eigenvalue weighted by Crippen LogP contribution is -1.97. The van der Waals surface area contributed by atoms with Crippen molar-refractivity contribution in [2.75, 3.05) is 0 Å². The quantitative estimate of drug-likeness (QED) is 0.217. The first-order chi connectivity index (χ1) is 20.4. The van der Waals surface area contributed by atoms with Crippen LogP contribution in [0.2, 0.25) is 0 Å². The summed E-state index contributed by atoms with van der Waals surface area (Å²) in [5, 5.41) is 2.64. The molecule has 0 aliphatic heterocycles. The molecule has 0 radical (unpaired) electrons. The van der Waals surface area contributed by atoms with Crippen molar-refractivity contribution in [2.45, 2.75) is 6.42 Å². The van der Waals surface area contributed by atoms with Crippen molar-refractivity contribution in [3.8, 4) is 0 Å². The molecule has 0 nitrogen and oxygen atoms in total. The van der Waals surface area contributed by atoms with E-state index in [2.05, 4.69) is 158 Å². The zero-order valence-corrected chi connectivity index (χ0v) is 22.7. The zero-order valence-electron chi connectivity index (χ0n) is 22.7. The minimum atomic E-state index is 0.827. The van der Waals surface area contributed by atoms with Crippen LogP contribution in [0.1, 0.15) is 39.8 Å². The fourth-order valence-electron chi connectivity index (χ4n) is 6.82. The summed E-state index contributed by atoms with van der Waals surface area (Å²) < 4.78 is 0. The summed E-state index contributed by atoms with van der Waals surface area (Å²) in [6.07, 6.45) is 0.827. The van der Waals surface area contributed by atoms with Gasteiger partial charge in [0.25, 0.3) is 0 Å². The minimum absolute atomic E-state index is 0.827. The molecule has 2 aliphatic carbocycles. The van der Waals surface area contributed by atoms with Gasteiger partial charge in [0, 0.05) is 0 Å². The molecule has 0 atom stereocenters. The van der Waals surface area contributed by atoms with Gasteiger partial charge in [-0.1, -0.05) is 158 Å². The van der Waals surface area contributed by atoms with Crippen LogP contribution in [0.5, 0.6) is 0 Å². The molecule has 2 aliphatic rings. The largest absolute Gasteiger partial charge is 0.0622 e. The summed E-state index contributed by atoms with van der Waals surface area (Å²) in [5.74, 6) is 0. The van der Waals surface area contributed by atoms with E-state index in [1.807, 2.05) is 0 Å². The first-order valence-electron chi connectivity index (χ1n) is 14.3. The van der Waals surface area contributed by atoms with Crippen LogP contribution in [0.15, 0.2) is 158 Å². The van der Waals surface area contributed by atoms with Crippen LogP contribution in [-0.4, -0.2) is 0 Å². The van der Waals surface area contributed by atoms with E-state index in [1.165, 1.54) is 77.6 Å². The standard InChI is InChI=1S/C41H28/c1-5-15-28(16-6-1)35-27-36(29-17-7-2-8-18-29)39(32-21-11-4-12-22-32)41-34-26-14-24-30-23-13-25-33(37(30)34)40(41)38(35)31-19-9-3-10-20-31/h1-26H,27H2. The molecule has 8 rings (SSSR count). The van der Waals surface area contributed by atoms with E-state index >= 15 is 0 Å². The van der Waals surface area contributed by atoms with Gasteiger partial charge in [0.2, 0.25) is 0 Å². The Balaban J connectivity index is 1.60. The first-order valence-corrected chi connectivity index (χ1v) is 14.3. The third-order valence-electron chi connectivity index (χ3n) is 8.52. The maximum absolute atomic E-state index is 2.33. The van der Waals surface area contributed by atoms with Crippen LogP contribution in [0.4, 0.5) is 0 Å². The van der Waals surface area contributed by atoms with Crippen LogP contribution < -0.4 is 0 Å². The summed E-state index contributed by atoms with van der Waals surface area (Å²) in [6, 6.07) is 57.6. The molecule has 0 heterocycles. The Kier molecular flexibility index (Phi) is 5.64. The highest BCUT2D eigenvalue weighted by molar-refractivity contribution is 6.40. The number of fused-ring (bicyclic) bond motifs is 2. The normalized spacial score (nSPS) is 14.4. The van der Waals surface area contributed by atoms with Gasteiger partial charge in [0.05, 0.1) is 0 Å². The van der Waals surface area contributed by atoms with E-state index < -0.39 is 0 Å². The van der Waals surface area contributed by atoms with Gasteiger partial charge in [-0.05, 0) is 84.0 Å². The highest BCUT2D eigenvalue weighted by Gasteiger charge is 2.35. The molecule has 0 amide bonds. The van der Waals surface area contributed by atoms with Crippen LogP contribution >= 0.6 is 0 Å². The number of allylic oxidation sites excluding steroid dienone is 6. The Labute approximate surface area is 241 Å². The van der Waals surface area contributed by atoms with E-state index in [9.17, 15) is 0 Å². The number of rotatable bonds is 4. The van der Waals surface area contributed by atoms with Crippen LogP contribution in [0.3, 0.4) is 0 Å². The smallest absolute Gasteiger partial charge is 0.000110 e. The molecule has 6 aromatic rings. The van der Waals surface area contributed by atoms with Gasteiger partial charge in [0.15, 0.2) is 0 Å². The Morgan fingerprint density at radius 1 is 0.293 bits per heavy atom. The Morgan fingerprint density at radius 3 is 1.05 bits per heavy atom. The lowest BCUT2D eigenvalue weighted by Gasteiger charge is -2.19. The molecule has 0 N–H and O–H groups in total. The van der Waals surface area contributed by atoms with Crippen molar-refractivity contribution in [1.82, 2.24) is 0 Å². The molecule has 0 saturated heterocycles. The van der Waals surface area contributed by atoms with Crippen molar-refractivity contribution in [3.63, 3.8) is 0 Å². The molecule has 0 heteroatoms. The van der Waals surface area contributed by atoms with E-state index in [4.69, 9.17) is 0 Å². The van der Waals surface area contributed by atoms with Crippen molar-refractivity contribution < 1.29 is 0 Å². The topological polar surface area (TPSA) is 0 Å². The lowest BCUT2D eigenvalue weighted by molar-refractivity contribution is 1.39. The first kappa shape index (κ1) is 23.7. The number of benzene rings is 6. The molecule has 6 aromatic carbocycles. The number of hydrogen-bond acceptors (Lipinski definition) is 0. The molecule has 0 spiro atoms. The molecule has 0 aromatic heterocycles. The minimum Gasteiger partial charge on any atom is -0.0622 e. The molecule has 0 saturated carbocycles. The van der Waals surface area contributed by atoms with Gasteiger partial charge in [-0.15, -0.1) is 0 Å². The van der Waals surface area contributed by atoms with E-state index in [0.29, 0.717) is 0 Å². The summed E-state index contributed by atoms with van der Waals surface area (Å²) in [6.45, 7) is 0. The van der Waals surface area contributed by atoms with Crippen molar-refractivity contribution in [1.29, 1.82) is 0 Å². The molecular formula is C41H28. The summed E-state index contributed by atoms with van der Waals surface area (Å²) >= 11 is 0. The van der Waals surface area contributed by atoms with Crippen LogP contribution in [-0.2, 0) is 0 Å². The maximum atomic E-state index is 2.33. The van der Waals surface area contributed by atoms with Crippen LogP contribution in [0.25, 0.3) is 44.2 Å². The van der Waals surface area contributed by atoms with Gasteiger partial charge in [-0.25, -0.2) is 0 Å². The molecule has 0 bridgehead atoms. The summed E-state index contributed by atoms with van der Waals surface area (Å²) in [5.41, 5.74) is 15.7. The van der Waals surface area contributed by atoms with Gasteiger partial charge in [-0.2, -0.15) is 0 Å². The van der Waals surface area contributed by atoms with Gasteiger partial charge in [0.1, 0.15) is 0 Å². The SMILES string of the molecule is c1ccc(C2=C(c3ccccc3)C3=C(C(c4ccccc4)=C(c4ccccc4)C2)c2cccc4cccc3c24)cc1. The van der Waals surface area contributed by atoms with Crippen LogP contribution in [0, 0.1) is 0 Å². The van der Waals surface area contributed by atoms with Crippen molar-refractivity contribution in [3.05, 3.63) is 191 Å². The predicted octanol–water partition coefficient (Wildman–Crippen LogP) is 10.7. The summed E-state index contributed by atoms with van der Waals surface area (Å²) in [4.78, 5) is 0. The zero-order chi connectivity index (χ0) is 27.2. The van der Waals surface area contributed by atoms with Crippen molar-refractivity contribution >= 4 is 44.2 Å². The molecule has 192 valence electrons. The van der Waals surface area contributed by atoms with Gasteiger partial charge < -0.3 is 0 Å². The average Bonchev–Trinajstić information content (AvgIpc) is 3.27. The lowest BCUT2D eigenvalue weighted by atomic mass is 9.84. The van der Waals surface area contributed by atoms with Crippen molar-refractivity contribution in [2.24, 2.45) is 0 Å². The van der Waals surface area contributed by atoms with E-state index in [-0.39, 0.29) is 0 Å². The summed E-state index contributed by atoms with van der Waals surface area (Å²) in [7, 11) is 0. The Bertz CT molecular complexity index is 1860. The Morgan fingerprint density at radius 2 is 0.659 bits per heavy atom. The van der Waals surface area contributed by atoms with E-state index in [1.54, 1.807) is 0 Å². The highest BCUT2D eigenvalue weighted by atomic mass is 14.4. The average molecular weight is 521 g/mol. The second-order valence-electron chi connectivity index (χ2n) is 10.8. The third-order valence-corrected chi connectivity index (χ3v) is 8.52. The third kappa shape index (κ3) is 3.84. The van der Waals surface area contributed by atoms with Gasteiger partial charge >= 0.3 is 0 Å². The maximum Gasteiger partial charge on any atom is -0.000110 e. The fourth-order valence-corrected chi connectivity index (χ4v) is 6.82. The highest BCUT2D eigenvalue weighted by Crippen LogP contribution is 2.58. The van der Waals surface area contributed by atoms with E-state index in [0.717, 1.165) is 6.42 Å². The number of hydrogen-bond donors (Lipinski definition) is 0. The predicted molar refractivity (Wildman–Crippen MR) is 175 cm³/mol. The second kappa shape index (κ2) is 9.77. The molecule has 0 fully saturated rings.